The van der Waals surface area contributed by atoms with Gasteiger partial charge in [0.2, 0.25) is 10.0 Å². The minimum atomic E-state index is -3.54. The van der Waals surface area contributed by atoms with Crippen LogP contribution < -0.4 is 9.47 Å². The number of fused-ring (bicyclic) bond motifs is 1. The van der Waals surface area contributed by atoms with Crippen molar-refractivity contribution in [2.24, 2.45) is 0 Å². The molecule has 0 aliphatic carbocycles. The van der Waals surface area contributed by atoms with Crippen molar-refractivity contribution in [2.45, 2.75) is 24.2 Å². The third kappa shape index (κ3) is 3.77. The lowest BCUT2D eigenvalue weighted by Gasteiger charge is -2.20. The van der Waals surface area contributed by atoms with Crippen LogP contribution in [0.15, 0.2) is 35.2 Å². The highest BCUT2D eigenvalue weighted by molar-refractivity contribution is 7.89. The molecule has 1 aromatic carbocycles. The number of allylic oxidation sites excluding steroid dienone is 1. The van der Waals surface area contributed by atoms with Gasteiger partial charge in [-0.3, -0.25) is 0 Å². The summed E-state index contributed by atoms with van der Waals surface area (Å²) in [7, 11) is -0.403. The maximum absolute atomic E-state index is 12.6. The molecular formula is C15H21NO4S. The second kappa shape index (κ2) is 6.95. The van der Waals surface area contributed by atoms with Crippen LogP contribution in [0.2, 0.25) is 0 Å². The summed E-state index contributed by atoms with van der Waals surface area (Å²) >= 11 is 0. The normalized spacial score (nSPS) is 21.2. The summed E-state index contributed by atoms with van der Waals surface area (Å²) in [5.41, 5.74) is 0. The predicted molar refractivity (Wildman–Crippen MR) is 81.3 cm³/mol. The van der Waals surface area contributed by atoms with E-state index in [4.69, 9.17) is 9.47 Å². The lowest BCUT2D eigenvalue weighted by atomic mass is 10.2. The number of nitrogens with zero attached hydrogens (tertiary/aromatic N) is 1. The molecule has 1 aromatic rings. The fourth-order valence-electron chi connectivity index (χ4n) is 2.15. The Bertz CT molecular complexity index is 610. The van der Waals surface area contributed by atoms with Crippen LogP contribution in [0.1, 0.15) is 19.3 Å². The van der Waals surface area contributed by atoms with Gasteiger partial charge in [0.15, 0.2) is 0 Å². The second-order valence-corrected chi connectivity index (χ2v) is 6.93. The van der Waals surface area contributed by atoms with Crippen LogP contribution in [-0.2, 0) is 10.0 Å². The molecule has 0 N–H and O–H groups in total. The van der Waals surface area contributed by atoms with Gasteiger partial charge in [-0.1, -0.05) is 12.2 Å². The molecule has 1 aliphatic rings. The second-order valence-electron chi connectivity index (χ2n) is 4.92. The molecule has 0 aromatic heterocycles. The number of benzene rings is 1. The summed E-state index contributed by atoms with van der Waals surface area (Å²) in [6.07, 6.45) is 6.72. The summed E-state index contributed by atoms with van der Waals surface area (Å²) < 4.78 is 37.4. The standard InChI is InChI=1S/C15H21NO4S/c1-16-10-6-4-3-5-7-11-20-14-12-13(19-2)8-9-15(14)21(16,17)18/h5,7-9,12H,3-4,6,10-11H2,1-2H3/b7-5+. The number of hydrogen-bond donors (Lipinski definition) is 0. The van der Waals surface area contributed by atoms with Crippen LogP contribution >= 0.6 is 0 Å². The molecule has 2 rings (SSSR count). The van der Waals surface area contributed by atoms with Gasteiger partial charge in [0.05, 0.1) is 7.11 Å². The number of ether oxygens (including phenoxy) is 2. The van der Waals surface area contributed by atoms with E-state index in [2.05, 4.69) is 6.08 Å². The van der Waals surface area contributed by atoms with Crippen molar-refractivity contribution < 1.29 is 17.9 Å². The highest BCUT2D eigenvalue weighted by atomic mass is 32.2. The van der Waals surface area contributed by atoms with Gasteiger partial charge >= 0.3 is 0 Å². The van der Waals surface area contributed by atoms with Crippen molar-refractivity contribution in [3.05, 3.63) is 30.4 Å². The van der Waals surface area contributed by atoms with Crippen LogP contribution in [0.25, 0.3) is 0 Å². The van der Waals surface area contributed by atoms with Crippen molar-refractivity contribution in [1.29, 1.82) is 0 Å². The maximum atomic E-state index is 12.6. The van der Waals surface area contributed by atoms with Gasteiger partial charge in [-0.25, -0.2) is 12.7 Å². The van der Waals surface area contributed by atoms with Crippen LogP contribution in [0.4, 0.5) is 0 Å². The van der Waals surface area contributed by atoms with Crippen molar-refractivity contribution in [1.82, 2.24) is 4.31 Å². The molecule has 0 spiro atoms. The molecule has 1 heterocycles. The molecule has 0 unspecified atom stereocenters. The fraction of sp³-hybridized carbons (Fsp3) is 0.467. The Hall–Kier alpha value is -1.53. The SMILES string of the molecule is COc1ccc2c(c1)OC/C=C/CCCCN(C)S2(=O)=O. The first-order valence-corrected chi connectivity index (χ1v) is 8.42. The van der Waals surface area contributed by atoms with Gasteiger partial charge in [0, 0.05) is 19.7 Å². The largest absolute Gasteiger partial charge is 0.497 e. The molecule has 116 valence electrons. The zero-order chi connectivity index (χ0) is 15.3. The quantitative estimate of drug-likeness (QED) is 0.748. The molecule has 5 nitrogen and oxygen atoms in total. The Labute approximate surface area is 126 Å². The maximum Gasteiger partial charge on any atom is 0.246 e. The lowest BCUT2D eigenvalue weighted by Crippen LogP contribution is -2.28. The molecule has 0 saturated heterocycles. The monoisotopic (exact) mass is 311 g/mol. The van der Waals surface area contributed by atoms with E-state index < -0.39 is 10.0 Å². The number of sulfonamides is 1. The number of methoxy groups -OCH3 is 1. The molecule has 0 radical (unpaired) electrons. The van der Waals surface area contributed by atoms with E-state index in [-0.39, 0.29) is 4.90 Å². The summed E-state index contributed by atoms with van der Waals surface area (Å²) in [5, 5.41) is 0. The van der Waals surface area contributed by atoms with E-state index >= 15 is 0 Å². The molecule has 0 fully saturated rings. The van der Waals surface area contributed by atoms with Gasteiger partial charge in [-0.2, -0.15) is 0 Å². The van der Waals surface area contributed by atoms with Gasteiger partial charge in [0.25, 0.3) is 0 Å². The van der Waals surface area contributed by atoms with Gasteiger partial charge in [-0.15, -0.1) is 0 Å². The zero-order valence-corrected chi connectivity index (χ0v) is 13.2. The topological polar surface area (TPSA) is 55.8 Å². The van der Waals surface area contributed by atoms with Crippen LogP contribution in [0, 0.1) is 0 Å². The van der Waals surface area contributed by atoms with E-state index in [0.29, 0.717) is 24.7 Å². The summed E-state index contributed by atoms with van der Waals surface area (Å²) in [6, 6.07) is 4.78. The van der Waals surface area contributed by atoms with Gasteiger partial charge in [-0.05, 0) is 31.4 Å². The average Bonchev–Trinajstić information content (AvgIpc) is 2.48. The Morgan fingerprint density at radius 3 is 2.81 bits per heavy atom. The van der Waals surface area contributed by atoms with Crippen LogP contribution in [0.5, 0.6) is 11.5 Å². The Balaban J connectivity index is 2.44. The van der Waals surface area contributed by atoms with Crippen molar-refractivity contribution in [3.8, 4) is 11.5 Å². The summed E-state index contributed by atoms with van der Waals surface area (Å²) in [6.45, 7) is 0.848. The molecule has 0 saturated carbocycles. The number of rotatable bonds is 1. The average molecular weight is 311 g/mol. The Morgan fingerprint density at radius 2 is 2.05 bits per heavy atom. The third-order valence-electron chi connectivity index (χ3n) is 3.43. The Morgan fingerprint density at radius 1 is 1.24 bits per heavy atom. The van der Waals surface area contributed by atoms with Gasteiger partial charge in [0.1, 0.15) is 23.0 Å². The molecule has 6 heteroatoms. The van der Waals surface area contributed by atoms with Crippen LogP contribution in [0.3, 0.4) is 0 Å². The first-order chi connectivity index (χ1) is 10.1. The molecular weight excluding hydrogens is 290 g/mol. The van der Waals surface area contributed by atoms with E-state index in [1.165, 1.54) is 17.5 Å². The first kappa shape index (κ1) is 15.9. The minimum absolute atomic E-state index is 0.180. The van der Waals surface area contributed by atoms with E-state index in [9.17, 15) is 8.42 Å². The fourth-order valence-corrected chi connectivity index (χ4v) is 3.47. The van der Waals surface area contributed by atoms with Crippen molar-refractivity contribution >= 4 is 10.0 Å². The molecule has 1 aliphatic heterocycles. The summed E-state index contributed by atoms with van der Waals surface area (Å²) in [5.74, 6) is 0.897. The minimum Gasteiger partial charge on any atom is -0.497 e. The highest BCUT2D eigenvalue weighted by Crippen LogP contribution is 2.30. The smallest absolute Gasteiger partial charge is 0.246 e. The highest BCUT2D eigenvalue weighted by Gasteiger charge is 2.25. The number of hydrogen-bond acceptors (Lipinski definition) is 4. The predicted octanol–water partition coefficient (Wildman–Crippen LogP) is 2.43. The Kier molecular flexibility index (Phi) is 5.25. The molecule has 0 atom stereocenters. The van der Waals surface area contributed by atoms with Crippen LogP contribution in [-0.4, -0.2) is 40.0 Å². The zero-order valence-electron chi connectivity index (χ0n) is 12.4. The summed E-state index contributed by atoms with van der Waals surface area (Å²) in [4.78, 5) is 0.180. The molecule has 0 bridgehead atoms. The first-order valence-electron chi connectivity index (χ1n) is 6.98. The van der Waals surface area contributed by atoms with Crippen molar-refractivity contribution in [3.63, 3.8) is 0 Å². The van der Waals surface area contributed by atoms with E-state index in [1.54, 1.807) is 19.2 Å². The van der Waals surface area contributed by atoms with E-state index in [0.717, 1.165) is 19.3 Å². The lowest BCUT2D eigenvalue weighted by molar-refractivity contribution is 0.344. The van der Waals surface area contributed by atoms with Gasteiger partial charge < -0.3 is 9.47 Å². The molecule has 0 amide bonds. The van der Waals surface area contributed by atoms with E-state index in [1.807, 2.05) is 6.08 Å². The third-order valence-corrected chi connectivity index (χ3v) is 5.33. The van der Waals surface area contributed by atoms with Crippen molar-refractivity contribution in [2.75, 3.05) is 27.3 Å². The molecule has 21 heavy (non-hydrogen) atoms.